The van der Waals surface area contributed by atoms with Crippen LogP contribution < -0.4 is 5.32 Å². The Kier molecular flexibility index (Phi) is 4.21. The van der Waals surface area contributed by atoms with E-state index in [0.717, 1.165) is 22.3 Å². The second-order valence-corrected chi connectivity index (χ2v) is 5.82. The second-order valence-electron chi connectivity index (χ2n) is 4.76. The Morgan fingerprint density at radius 1 is 1.05 bits per heavy atom. The number of nitrogens with one attached hydrogen (secondary N) is 2. The summed E-state index contributed by atoms with van der Waals surface area (Å²) in [5, 5.41) is 10.9. The van der Waals surface area contributed by atoms with Gasteiger partial charge < -0.3 is 5.32 Å². The normalized spacial score (nSPS) is 10.5. The van der Waals surface area contributed by atoms with Crippen LogP contribution in [0.1, 0.15) is 11.1 Å². The monoisotopic (exact) mass is 296 g/mol. The lowest BCUT2D eigenvalue weighted by atomic mass is 10.1. The molecule has 106 valence electrons. The predicted octanol–water partition coefficient (Wildman–Crippen LogP) is 3.88. The average Bonchev–Trinajstić information content (AvgIpc) is 3.01. The summed E-state index contributed by atoms with van der Waals surface area (Å²) >= 11 is 1.56. The minimum Gasteiger partial charge on any atom is -0.381 e. The van der Waals surface area contributed by atoms with E-state index in [4.69, 9.17) is 0 Å². The van der Waals surface area contributed by atoms with Crippen molar-refractivity contribution < 1.29 is 0 Å². The fourth-order valence-electron chi connectivity index (χ4n) is 1.91. The molecule has 3 rings (SSSR count). The first-order valence-corrected chi connectivity index (χ1v) is 7.54. The topological polar surface area (TPSA) is 53.6 Å². The van der Waals surface area contributed by atoms with Gasteiger partial charge in [0.15, 0.2) is 5.16 Å². The number of benzene rings is 2. The van der Waals surface area contributed by atoms with Crippen molar-refractivity contribution in [3.05, 3.63) is 66.0 Å². The molecule has 1 heterocycles. The highest BCUT2D eigenvalue weighted by atomic mass is 32.2. The van der Waals surface area contributed by atoms with E-state index in [-0.39, 0.29) is 0 Å². The lowest BCUT2D eigenvalue weighted by molar-refractivity contribution is 0.973. The van der Waals surface area contributed by atoms with Gasteiger partial charge >= 0.3 is 0 Å². The Bertz CT molecular complexity index is 675. The second kappa shape index (κ2) is 6.45. The van der Waals surface area contributed by atoms with E-state index in [9.17, 15) is 0 Å². The first-order valence-electron chi connectivity index (χ1n) is 6.72. The lowest BCUT2D eigenvalue weighted by Crippen LogP contribution is -1.98. The number of nitrogens with zero attached hydrogens (tertiary/aromatic N) is 2. The zero-order valence-corrected chi connectivity index (χ0v) is 12.5. The summed E-state index contributed by atoms with van der Waals surface area (Å²) in [6.07, 6.45) is 1.51. The summed E-state index contributed by atoms with van der Waals surface area (Å²) in [6, 6.07) is 16.9. The summed E-state index contributed by atoms with van der Waals surface area (Å²) < 4.78 is 0. The van der Waals surface area contributed by atoms with Gasteiger partial charge in [-0.15, -0.1) is 0 Å². The van der Waals surface area contributed by atoms with Gasteiger partial charge in [-0.05, 0) is 36.8 Å². The molecule has 2 aromatic carbocycles. The SMILES string of the molecule is Cc1ccc(CNc2ccc(Sc3ncn[nH]3)cc2)cc1. The quantitative estimate of drug-likeness (QED) is 0.750. The Balaban J connectivity index is 1.58. The van der Waals surface area contributed by atoms with Crippen molar-refractivity contribution in [2.24, 2.45) is 0 Å². The van der Waals surface area contributed by atoms with Gasteiger partial charge in [0.2, 0.25) is 0 Å². The Morgan fingerprint density at radius 2 is 1.81 bits per heavy atom. The minimum absolute atomic E-state index is 0.801. The number of H-pyrrole nitrogens is 1. The van der Waals surface area contributed by atoms with Gasteiger partial charge in [-0.2, -0.15) is 5.10 Å². The van der Waals surface area contributed by atoms with E-state index in [0.29, 0.717) is 0 Å². The number of hydrogen-bond acceptors (Lipinski definition) is 4. The Hall–Kier alpha value is -2.27. The zero-order chi connectivity index (χ0) is 14.5. The molecule has 0 atom stereocenters. The maximum absolute atomic E-state index is 4.10. The smallest absolute Gasteiger partial charge is 0.188 e. The van der Waals surface area contributed by atoms with Gasteiger partial charge in [0.05, 0.1) is 0 Å². The molecule has 0 saturated heterocycles. The molecule has 3 aromatic rings. The van der Waals surface area contributed by atoms with Gasteiger partial charge in [-0.25, -0.2) is 4.98 Å². The highest BCUT2D eigenvalue weighted by Gasteiger charge is 2.00. The van der Waals surface area contributed by atoms with Crippen LogP contribution in [0.5, 0.6) is 0 Å². The summed E-state index contributed by atoms with van der Waals surface area (Å²) in [4.78, 5) is 5.23. The van der Waals surface area contributed by atoms with Crippen LogP contribution in [0, 0.1) is 6.92 Å². The maximum Gasteiger partial charge on any atom is 0.188 e. The molecule has 0 aliphatic carbocycles. The number of hydrogen-bond donors (Lipinski definition) is 2. The predicted molar refractivity (Wildman–Crippen MR) is 85.5 cm³/mol. The fraction of sp³-hybridized carbons (Fsp3) is 0.125. The molecule has 0 radical (unpaired) electrons. The summed E-state index contributed by atoms with van der Waals surface area (Å²) in [6.45, 7) is 2.93. The first kappa shape index (κ1) is 13.7. The summed E-state index contributed by atoms with van der Waals surface area (Å²) in [5.74, 6) is 0. The van der Waals surface area contributed by atoms with Crippen LogP contribution in [0.25, 0.3) is 0 Å². The number of anilines is 1. The zero-order valence-electron chi connectivity index (χ0n) is 11.7. The molecule has 0 amide bonds. The van der Waals surface area contributed by atoms with E-state index in [1.54, 1.807) is 11.8 Å². The van der Waals surface area contributed by atoms with Crippen LogP contribution in [0.15, 0.2) is 64.9 Å². The fourth-order valence-corrected chi connectivity index (χ4v) is 2.60. The molecule has 4 nitrogen and oxygen atoms in total. The van der Waals surface area contributed by atoms with E-state index >= 15 is 0 Å². The van der Waals surface area contributed by atoms with Crippen LogP contribution in [0.2, 0.25) is 0 Å². The third-order valence-corrected chi connectivity index (χ3v) is 3.98. The average molecular weight is 296 g/mol. The van der Waals surface area contributed by atoms with Crippen LogP contribution >= 0.6 is 11.8 Å². The van der Waals surface area contributed by atoms with Gasteiger partial charge in [0, 0.05) is 17.1 Å². The van der Waals surface area contributed by atoms with Crippen molar-refractivity contribution in [2.45, 2.75) is 23.5 Å². The van der Waals surface area contributed by atoms with Crippen molar-refractivity contribution >= 4 is 17.4 Å². The lowest BCUT2D eigenvalue weighted by Gasteiger charge is -2.07. The van der Waals surface area contributed by atoms with Gasteiger partial charge in [-0.1, -0.05) is 41.6 Å². The van der Waals surface area contributed by atoms with Gasteiger partial charge in [-0.3, -0.25) is 5.10 Å². The third-order valence-electron chi connectivity index (χ3n) is 3.08. The van der Waals surface area contributed by atoms with Crippen molar-refractivity contribution in [1.29, 1.82) is 0 Å². The Labute approximate surface area is 128 Å². The number of aromatic nitrogens is 3. The maximum atomic E-state index is 4.10. The van der Waals surface area contributed by atoms with Crippen molar-refractivity contribution in [3.63, 3.8) is 0 Å². The minimum atomic E-state index is 0.801. The molecule has 1 aromatic heterocycles. The van der Waals surface area contributed by atoms with Crippen LogP contribution in [0.3, 0.4) is 0 Å². The highest BCUT2D eigenvalue weighted by molar-refractivity contribution is 7.99. The molecule has 0 aliphatic heterocycles. The van der Waals surface area contributed by atoms with E-state index in [1.807, 2.05) is 0 Å². The van der Waals surface area contributed by atoms with Crippen molar-refractivity contribution in [1.82, 2.24) is 15.2 Å². The van der Waals surface area contributed by atoms with Crippen LogP contribution in [-0.4, -0.2) is 15.2 Å². The highest BCUT2D eigenvalue weighted by Crippen LogP contribution is 2.25. The molecular formula is C16H16N4S. The van der Waals surface area contributed by atoms with Crippen molar-refractivity contribution in [3.8, 4) is 0 Å². The standard InChI is InChI=1S/C16H16N4S/c1-12-2-4-13(5-3-12)10-17-14-6-8-15(9-7-14)21-16-18-11-19-20-16/h2-9,11,17H,10H2,1H3,(H,18,19,20). The van der Waals surface area contributed by atoms with Crippen LogP contribution in [0.4, 0.5) is 5.69 Å². The van der Waals surface area contributed by atoms with Crippen LogP contribution in [-0.2, 0) is 6.54 Å². The largest absolute Gasteiger partial charge is 0.381 e. The molecule has 0 bridgehead atoms. The Morgan fingerprint density at radius 3 is 2.48 bits per heavy atom. The van der Waals surface area contributed by atoms with E-state index in [2.05, 4.69) is 76.0 Å². The molecule has 2 N–H and O–H groups in total. The molecule has 21 heavy (non-hydrogen) atoms. The number of aromatic amines is 1. The summed E-state index contributed by atoms with van der Waals surface area (Å²) in [7, 11) is 0. The molecule has 5 heteroatoms. The third kappa shape index (κ3) is 3.86. The van der Waals surface area contributed by atoms with Crippen molar-refractivity contribution in [2.75, 3.05) is 5.32 Å². The molecule has 0 spiro atoms. The number of aryl methyl sites for hydroxylation is 1. The molecule has 0 unspecified atom stereocenters. The van der Waals surface area contributed by atoms with Gasteiger partial charge in [0.1, 0.15) is 6.33 Å². The van der Waals surface area contributed by atoms with E-state index < -0.39 is 0 Å². The molecule has 0 aliphatic rings. The first-order chi connectivity index (χ1) is 10.3. The van der Waals surface area contributed by atoms with E-state index in [1.165, 1.54) is 17.5 Å². The molecule has 0 fully saturated rings. The summed E-state index contributed by atoms with van der Waals surface area (Å²) in [5.41, 5.74) is 3.67. The number of rotatable bonds is 5. The molecular weight excluding hydrogens is 280 g/mol. The van der Waals surface area contributed by atoms with Gasteiger partial charge in [0.25, 0.3) is 0 Å². The molecule has 0 saturated carbocycles.